The third-order valence-corrected chi connectivity index (χ3v) is 6.35. The summed E-state index contributed by atoms with van der Waals surface area (Å²) in [5, 5.41) is 3.70. The topological polar surface area (TPSA) is 84.2 Å². The van der Waals surface area contributed by atoms with E-state index in [2.05, 4.69) is 37.2 Å². The summed E-state index contributed by atoms with van der Waals surface area (Å²) in [7, 11) is 0. The molecular weight excluding hydrogens is 461 g/mol. The summed E-state index contributed by atoms with van der Waals surface area (Å²) >= 11 is 12.2. The van der Waals surface area contributed by atoms with Gasteiger partial charge in [0.25, 0.3) is 5.91 Å². The molecule has 7 nitrogen and oxygen atoms in total. The Labute approximate surface area is 199 Å². The van der Waals surface area contributed by atoms with Crippen LogP contribution in [0.5, 0.6) is 0 Å². The molecule has 168 valence electrons. The number of amides is 1. The van der Waals surface area contributed by atoms with E-state index in [0.717, 1.165) is 31.9 Å². The largest absolute Gasteiger partial charge is 0.368 e. The third kappa shape index (κ3) is 4.42. The molecule has 3 N–H and O–H groups in total. The van der Waals surface area contributed by atoms with Crippen LogP contribution in [0, 0.1) is 0 Å². The van der Waals surface area contributed by atoms with E-state index in [1.54, 1.807) is 18.2 Å². The molecule has 9 heteroatoms. The number of benzene rings is 3. The van der Waals surface area contributed by atoms with Crippen molar-refractivity contribution in [1.82, 2.24) is 9.97 Å². The fourth-order valence-corrected chi connectivity index (χ4v) is 4.63. The molecule has 0 atom stereocenters. The van der Waals surface area contributed by atoms with Crippen LogP contribution in [0.1, 0.15) is 10.4 Å². The van der Waals surface area contributed by atoms with Gasteiger partial charge in [0.1, 0.15) is 0 Å². The molecule has 4 aromatic rings. The van der Waals surface area contributed by atoms with Crippen molar-refractivity contribution in [2.45, 2.75) is 0 Å². The highest BCUT2D eigenvalue weighted by Crippen LogP contribution is 2.32. The van der Waals surface area contributed by atoms with Gasteiger partial charge in [-0.2, -0.15) is 0 Å². The van der Waals surface area contributed by atoms with Gasteiger partial charge in [0.05, 0.1) is 33.0 Å². The number of carbonyl (C=O) groups is 1. The van der Waals surface area contributed by atoms with Crippen LogP contribution in [0.3, 0.4) is 0 Å². The Morgan fingerprint density at radius 2 is 1.52 bits per heavy atom. The number of H-pyrrole nitrogens is 2. The Morgan fingerprint density at radius 1 is 0.848 bits per heavy atom. The van der Waals surface area contributed by atoms with Gasteiger partial charge < -0.3 is 25.1 Å². The number of anilines is 3. The lowest BCUT2D eigenvalue weighted by molar-refractivity contribution is 0.102. The minimum Gasteiger partial charge on any atom is -0.368 e. The fraction of sp³-hybridized carbons (Fsp3) is 0.167. The fourth-order valence-electron chi connectivity index (χ4n) is 4.14. The van der Waals surface area contributed by atoms with Crippen molar-refractivity contribution in [3.8, 4) is 0 Å². The summed E-state index contributed by atoms with van der Waals surface area (Å²) in [6, 6.07) is 18.7. The molecule has 3 aromatic carbocycles. The van der Waals surface area contributed by atoms with Gasteiger partial charge >= 0.3 is 5.69 Å². The molecule has 2 heterocycles. The van der Waals surface area contributed by atoms with E-state index in [-0.39, 0.29) is 16.6 Å². The molecule has 1 aliphatic heterocycles. The molecule has 1 fully saturated rings. The van der Waals surface area contributed by atoms with Crippen LogP contribution in [0.15, 0.2) is 65.5 Å². The van der Waals surface area contributed by atoms with Crippen molar-refractivity contribution in [1.29, 1.82) is 0 Å². The quantitative estimate of drug-likeness (QED) is 0.392. The second-order valence-corrected chi connectivity index (χ2v) is 8.73. The van der Waals surface area contributed by atoms with Crippen LogP contribution in [-0.2, 0) is 0 Å². The number of hydrogen-bond donors (Lipinski definition) is 3. The van der Waals surface area contributed by atoms with E-state index in [0.29, 0.717) is 27.3 Å². The molecule has 0 bridgehead atoms. The minimum atomic E-state index is -0.349. The van der Waals surface area contributed by atoms with Crippen molar-refractivity contribution < 1.29 is 4.79 Å². The molecule has 1 aliphatic rings. The molecule has 1 saturated heterocycles. The Balaban J connectivity index is 1.44. The predicted molar refractivity (Wildman–Crippen MR) is 134 cm³/mol. The molecule has 1 aromatic heterocycles. The van der Waals surface area contributed by atoms with Gasteiger partial charge in [-0.3, -0.25) is 4.79 Å². The Bertz CT molecular complexity index is 1370. The molecule has 5 rings (SSSR count). The SMILES string of the molecule is O=C(Nc1cc2[nH]c(=O)[nH]c2cc1N1CCN(c2ccccc2)CC1)c1ccc(Cl)cc1Cl. The van der Waals surface area contributed by atoms with Crippen molar-refractivity contribution in [2.75, 3.05) is 41.3 Å². The number of halogens is 2. The number of carbonyl (C=O) groups excluding carboxylic acids is 1. The van der Waals surface area contributed by atoms with Gasteiger partial charge in [-0.1, -0.05) is 41.4 Å². The van der Waals surface area contributed by atoms with Gasteiger partial charge in [0.2, 0.25) is 0 Å². The van der Waals surface area contributed by atoms with Crippen LogP contribution in [0.2, 0.25) is 10.0 Å². The average molecular weight is 482 g/mol. The zero-order chi connectivity index (χ0) is 22.9. The highest BCUT2D eigenvalue weighted by Gasteiger charge is 2.22. The minimum absolute atomic E-state index is 0.272. The standard InChI is InChI=1S/C24H21Cl2N5O2/c25-15-6-7-17(18(26)12-15)23(32)27-21-13-19-20(29-24(33)28-19)14-22(21)31-10-8-30(9-11-31)16-4-2-1-3-5-16/h1-7,12-14H,8-11H2,(H,27,32)(H2,28,29,33). The van der Waals surface area contributed by atoms with E-state index in [1.807, 2.05) is 24.3 Å². The maximum absolute atomic E-state index is 13.0. The van der Waals surface area contributed by atoms with Crippen molar-refractivity contribution in [3.63, 3.8) is 0 Å². The summed E-state index contributed by atoms with van der Waals surface area (Å²) in [6.45, 7) is 3.20. The molecule has 0 saturated carbocycles. The number of aromatic amines is 2. The maximum atomic E-state index is 13.0. The van der Waals surface area contributed by atoms with E-state index in [1.165, 1.54) is 11.8 Å². The molecule has 0 radical (unpaired) electrons. The first kappa shape index (κ1) is 21.4. The zero-order valence-electron chi connectivity index (χ0n) is 17.6. The molecule has 33 heavy (non-hydrogen) atoms. The van der Waals surface area contributed by atoms with Gasteiger partial charge in [0, 0.05) is 36.9 Å². The number of hydrogen-bond acceptors (Lipinski definition) is 4. The first-order valence-corrected chi connectivity index (χ1v) is 11.3. The van der Waals surface area contributed by atoms with Crippen molar-refractivity contribution >= 4 is 57.2 Å². The lowest BCUT2D eigenvalue weighted by Crippen LogP contribution is -2.46. The normalized spacial score (nSPS) is 14.0. The molecule has 0 unspecified atom stereocenters. The van der Waals surface area contributed by atoms with Crippen LogP contribution in [-0.4, -0.2) is 42.1 Å². The summed E-state index contributed by atoms with van der Waals surface area (Å²) in [6.07, 6.45) is 0. The second-order valence-electron chi connectivity index (χ2n) is 7.88. The smallest absolute Gasteiger partial charge is 0.323 e. The van der Waals surface area contributed by atoms with Gasteiger partial charge in [-0.15, -0.1) is 0 Å². The highest BCUT2D eigenvalue weighted by molar-refractivity contribution is 6.37. The van der Waals surface area contributed by atoms with E-state index < -0.39 is 0 Å². The number of para-hydroxylation sites is 1. The lowest BCUT2D eigenvalue weighted by Gasteiger charge is -2.38. The van der Waals surface area contributed by atoms with Crippen LogP contribution in [0.4, 0.5) is 17.1 Å². The first-order chi connectivity index (χ1) is 16.0. The summed E-state index contributed by atoms with van der Waals surface area (Å²) < 4.78 is 0. The summed E-state index contributed by atoms with van der Waals surface area (Å²) in [5.74, 6) is -0.349. The van der Waals surface area contributed by atoms with E-state index in [9.17, 15) is 9.59 Å². The Morgan fingerprint density at radius 3 is 2.21 bits per heavy atom. The number of aromatic nitrogens is 2. The maximum Gasteiger partial charge on any atom is 0.323 e. The van der Waals surface area contributed by atoms with Gasteiger partial charge in [0.15, 0.2) is 0 Å². The predicted octanol–water partition coefficient (Wildman–Crippen LogP) is 4.74. The van der Waals surface area contributed by atoms with Crippen molar-refractivity contribution in [2.24, 2.45) is 0 Å². The molecular formula is C24H21Cl2N5O2. The lowest BCUT2D eigenvalue weighted by atomic mass is 10.1. The van der Waals surface area contributed by atoms with Crippen molar-refractivity contribution in [3.05, 3.63) is 86.8 Å². The van der Waals surface area contributed by atoms with E-state index >= 15 is 0 Å². The van der Waals surface area contributed by atoms with E-state index in [4.69, 9.17) is 23.2 Å². The molecule has 0 spiro atoms. The summed E-state index contributed by atoms with van der Waals surface area (Å²) in [4.78, 5) is 35.0. The highest BCUT2D eigenvalue weighted by atomic mass is 35.5. The number of piperazine rings is 1. The summed E-state index contributed by atoms with van der Waals surface area (Å²) in [5.41, 5.74) is 3.95. The molecule has 0 aliphatic carbocycles. The number of imidazole rings is 1. The first-order valence-electron chi connectivity index (χ1n) is 10.6. The van der Waals surface area contributed by atoms with Gasteiger partial charge in [-0.25, -0.2) is 4.79 Å². The Kier molecular flexibility index (Phi) is 5.74. The van der Waals surface area contributed by atoms with Crippen LogP contribution in [0.25, 0.3) is 11.0 Å². The number of nitrogens with one attached hydrogen (secondary N) is 3. The number of fused-ring (bicyclic) bond motifs is 1. The third-order valence-electron chi connectivity index (χ3n) is 5.80. The Hall–Kier alpha value is -3.42. The second kappa shape index (κ2) is 8.84. The van der Waals surface area contributed by atoms with Crippen LogP contribution < -0.4 is 20.8 Å². The van der Waals surface area contributed by atoms with Crippen LogP contribution >= 0.6 is 23.2 Å². The zero-order valence-corrected chi connectivity index (χ0v) is 19.1. The average Bonchev–Trinajstić information content (AvgIpc) is 3.18. The molecule has 1 amide bonds. The van der Waals surface area contributed by atoms with Gasteiger partial charge in [-0.05, 0) is 42.5 Å². The monoisotopic (exact) mass is 481 g/mol. The number of rotatable bonds is 4. The number of nitrogens with zero attached hydrogens (tertiary/aromatic N) is 2.